The molecule has 0 aliphatic carbocycles. The average molecular weight is 666 g/mol. The summed E-state index contributed by atoms with van der Waals surface area (Å²) in [6, 6.07) is -0.819. The van der Waals surface area contributed by atoms with Crippen LogP contribution in [0.2, 0.25) is 0 Å². The van der Waals surface area contributed by atoms with Gasteiger partial charge in [0.05, 0.1) is 18.8 Å². The van der Waals surface area contributed by atoms with E-state index in [0.29, 0.717) is 12.8 Å². The van der Waals surface area contributed by atoms with E-state index < -0.39 is 18.2 Å². The monoisotopic (exact) mass is 666 g/mol. The largest absolute Gasteiger partial charge is 0.394 e. The third-order valence-electron chi connectivity index (χ3n) is 9.87. The number of carbonyl (C=O) groups is 1. The Morgan fingerprint density at radius 1 is 0.511 bits per heavy atom. The standard InChI is InChI=1S/C42H83NO4/c1-3-5-7-9-11-13-15-17-18-19-20-21-22-23-24-25-27-29-31-33-35-37-41(46)43-39(38-44)42(47)40(45)36-34-32-30-28-26-16-14-12-10-8-6-4-2/h28,30,39-40,42,44-45,47H,3-27,29,31-38H2,1-2H3,(H,43,46)/b30-28+. The number of carbonyl (C=O) groups excluding carboxylic acids is 1. The first-order valence-electron chi connectivity index (χ1n) is 21.0. The lowest BCUT2D eigenvalue weighted by Gasteiger charge is -2.26. The van der Waals surface area contributed by atoms with Gasteiger partial charge in [0.2, 0.25) is 5.91 Å². The molecule has 0 bridgehead atoms. The van der Waals surface area contributed by atoms with Gasteiger partial charge in [0.25, 0.3) is 0 Å². The number of hydrogen-bond donors (Lipinski definition) is 4. The highest BCUT2D eigenvalue weighted by atomic mass is 16.3. The zero-order valence-electron chi connectivity index (χ0n) is 31.7. The molecule has 0 aromatic rings. The lowest BCUT2D eigenvalue weighted by Crippen LogP contribution is -2.50. The zero-order chi connectivity index (χ0) is 34.5. The number of hydrogen-bond acceptors (Lipinski definition) is 4. The predicted octanol–water partition coefficient (Wildman–Crippen LogP) is 11.7. The summed E-state index contributed by atoms with van der Waals surface area (Å²) < 4.78 is 0. The second kappa shape index (κ2) is 37.9. The first-order chi connectivity index (χ1) is 23.1. The number of unbranched alkanes of at least 4 members (excludes halogenated alkanes) is 28. The van der Waals surface area contributed by atoms with Crippen LogP contribution in [0.4, 0.5) is 0 Å². The molecule has 4 N–H and O–H groups in total. The summed E-state index contributed by atoms with van der Waals surface area (Å²) in [6.45, 7) is 4.16. The van der Waals surface area contributed by atoms with Crippen LogP contribution in [0, 0.1) is 0 Å². The van der Waals surface area contributed by atoms with Gasteiger partial charge >= 0.3 is 0 Å². The Labute approximate surface area is 293 Å². The fourth-order valence-corrected chi connectivity index (χ4v) is 6.57. The summed E-state index contributed by atoms with van der Waals surface area (Å²) in [5.74, 6) is -0.151. The minimum Gasteiger partial charge on any atom is -0.394 e. The van der Waals surface area contributed by atoms with E-state index in [0.717, 1.165) is 38.5 Å². The van der Waals surface area contributed by atoms with Crippen molar-refractivity contribution in [3.8, 4) is 0 Å². The van der Waals surface area contributed by atoms with Gasteiger partial charge in [-0.1, -0.05) is 193 Å². The molecule has 0 saturated carbocycles. The van der Waals surface area contributed by atoms with Crippen molar-refractivity contribution in [3.05, 3.63) is 12.2 Å². The summed E-state index contributed by atoms with van der Waals surface area (Å²) >= 11 is 0. The van der Waals surface area contributed by atoms with Crippen molar-refractivity contribution in [2.75, 3.05) is 6.61 Å². The lowest BCUT2D eigenvalue weighted by molar-refractivity contribution is -0.124. The van der Waals surface area contributed by atoms with Crippen molar-refractivity contribution < 1.29 is 20.1 Å². The van der Waals surface area contributed by atoms with Gasteiger partial charge in [-0.3, -0.25) is 4.79 Å². The van der Waals surface area contributed by atoms with Crippen molar-refractivity contribution in [2.24, 2.45) is 0 Å². The summed E-state index contributed by atoms with van der Waals surface area (Å²) in [4.78, 5) is 12.4. The number of rotatable bonds is 38. The molecule has 0 aromatic carbocycles. The zero-order valence-corrected chi connectivity index (χ0v) is 31.7. The first-order valence-corrected chi connectivity index (χ1v) is 21.0. The second-order valence-corrected chi connectivity index (χ2v) is 14.5. The van der Waals surface area contributed by atoms with Gasteiger partial charge < -0.3 is 20.6 Å². The Kier molecular flexibility index (Phi) is 37.2. The fourth-order valence-electron chi connectivity index (χ4n) is 6.57. The molecule has 0 saturated heterocycles. The van der Waals surface area contributed by atoms with E-state index in [-0.39, 0.29) is 12.5 Å². The van der Waals surface area contributed by atoms with E-state index in [1.807, 2.05) is 0 Å². The fraction of sp³-hybridized carbons (Fsp3) is 0.929. The maximum atomic E-state index is 12.4. The maximum Gasteiger partial charge on any atom is 0.220 e. The molecule has 47 heavy (non-hydrogen) atoms. The highest BCUT2D eigenvalue weighted by Crippen LogP contribution is 2.16. The molecule has 0 aliphatic heterocycles. The summed E-state index contributed by atoms with van der Waals surface area (Å²) in [7, 11) is 0. The van der Waals surface area contributed by atoms with E-state index in [1.54, 1.807) is 0 Å². The Hall–Kier alpha value is -0.910. The maximum absolute atomic E-state index is 12.4. The molecule has 0 fully saturated rings. The van der Waals surface area contributed by atoms with E-state index in [4.69, 9.17) is 0 Å². The molecule has 3 atom stereocenters. The molecule has 0 heterocycles. The van der Waals surface area contributed by atoms with E-state index in [2.05, 4.69) is 31.3 Å². The Bertz CT molecular complexity index is 655. The van der Waals surface area contributed by atoms with Crippen molar-refractivity contribution in [2.45, 2.75) is 244 Å². The van der Waals surface area contributed by atoms with Crippen LogP contribution >= 0.6 is 0 Å². The molecule has 1 amide bonds. The van der Waals surface area contributed by atoms with E-state index >= 15 is 0 Å². The molecule has 0 rings (SSSR count). The van der Waals surface area contributed by atoms with Gasteiger partial charge in [-0.25, -0.2) is 0 Å². The highest BCUT2D eigenvalue weighted by molar-refractivity contribution is 5.76. The van der Waals surface area contributed by atoms with Crippen LogP contribution in [0.25, 0.3) is 0 Å². The number of amides is 1. The summed E-state index contributed by atoms with van der Waals surface area (Å²) in [5, 5.41) is 33.4. The van der Waals surface area contributed by atoms with Crippen LogP contribution in [0.15, 0.2) is 12.2 Å². The molecule has 0 radical (unpaired) electrons. The van der Waals surface area contributed by atoms with Crippen LogP contribution in [0.1, 0.15) is 226 Å². The molecule has 3 unspecified atom stereocenters. The average Bonchev–Trinajstić information content (AvgIpc) is 3.07. The van der Waals surface area contributed by atoms with Crippen LogP contribution < -0.4 is 5.32 Å². The summed E-state index contributed by atoms with van der Waals surface area (Å²) in [6.07, 6.45) is 43.2. The third-order valence-corrected chi connectivity index (χ3v) is 9.87. The smallest absolute Gasteiger partial charge is 0.220 e. The quantitative estimate of drug-likeness (QED) is 0.0390. The van der Waals surface area contributed by atoms with Gasteiger partial charge in [0.1, 0.15) is 6.10 Å². The molecule has 280 valence electrons. The SMILES string of the molecule is CCCCCCCCC/C=C/CCCC(O)C(O)C(CO)NC(=O)CCCCCCCCCCCCCCCCCCCCCCC. The van der Waals surface area contributed by atoms with E-state index in [1.165, 1.54) is 161 Å². The molecular weight excluding hydrogens is 582 g/mol. The summed E-state index contributed by atoms with van der Waals surface area (Å²) in [5.41, 5.74) is 0. The first kappa shape index (κ1) is 46.1. The molecule has 0 aliphatic rings. The third kappa shape index (κ3) is 33.4. The topological polar surface area (TPSA) is 89.8 Å². The highest BCUT2D eigenvalue weighted by Gasteiger charge is 2.26. The van der Waals surface area contributed by atoms with Gasteiger partial charge in [-0.2, -0.15) is 0 Å². The molecule has 0 spiro atoms. The van der Waals surface area contributed by atoms with Gasteiger partial charge in [0.15, 0.2) is 0 Å². The normalized spacial score (nSPS) is 13.7. The molecule has 5 nitrogen and oxygen atoms in total. The Morgan fingerprint density at radius 2 is 0.851 bits per heavy atom. The lowest BCUT2D eigenvalue weighted by atomic mass is 10.0. The minimum atomic E-state index is -1.15. The number of aliphatic hydroxyl groups is 3. The number of aliphatic hydroxyl groups excluding tert-OH is 3. The molecular formula is C42H83NO4. The van der Waals surface area contributed by atoms with Crippen LogP contribution in [-0.4, -0.2) is 46.1 Å². The van der Waals surface area contributed by atoms with Crippen LogP contribution in [0.3, 0.4) is 0 Å². The van der Waals surface area contributed by atoms with Crippen LogP contribution in [-0.2, 0) is 4.79 Å². The van der Waals surface area contributed by atoms with E-state index in [9.17, 15) is 20.1 Å². The van der Waals surface area contributed by atoms with Crippen LogP contribution in [0.5, 0.6) is 0 Å². The number of nitrogens with one attached hydrogen (secondary N) is 1. The van der Waals surface area contributed by atoms with Crippen molar-refractivity contribution >= 4 is 5.91 Å². The molecule has 5 heteroatoms. The van der Waals surface area contributed by atoms with Gasteiger partial charge in [-0.15, -0.1) is 0 Å². The Balaban J connectivity index is 3.60. The predicted molar refractivity (Wildman–Crippen MR) is 204 cm³/mol. The minimum absolute atomic E-state index is 0.151. The van der Waals surface area contributed by atoms with Gasteiger partial charge in [0, 0.05) is 6.42 Å². The number of allylic oxidation sites excluding steroid dienone is 2. The van der Waals surface area contributed by atoms with Crippen molar-refractivity contribution in [1.29, 1.82) is 0 Å². The van der Waals surface area contributed by atoms with Crippen molar-refractivity contribution in [3.63, 3.8) is 0 Å². The Morgan fingerprint density at radius 3 is 1.23 bits per heavy atom. The van der Waals surface area contributed by atoms with Gasteiger partial charge in [-0.05, 0) is 38.5 Å². The van der Waals surface area contributed by atoms with Crippen molar-refractivity contribution in [1.82, 2.24) is 5.32 Å². The second-order valence-electron chi connectivity index (χ2n) is 14.5. The molecule has 0 aromatic heterocycles.